The van der Waals surface area contributed by atoms with Gasteiger partial charge < -0.3 is 4.57 Å². The molecule has 0 saturated heterocycles. The Labute approximate surface area is 402 Å². The molecule has 0 N–H and O–H groups in total. The van der Waals surface area contributed by atoms with Crippen LogP contribution < -0.4 is 0 Å². The Morgan fingerprint density at radius 1 is 0.357 bits per heavy atom. The van der Waals surface area contributed by atoms with E-state index < -0.39 is 0 Å². The number of hydrogen-bond acceptors (Lipinski definition) is 6. The second kappa shape index (κ2) is 16.6. The molecule has 330 valence electrons. The molecule has 0 saturated carbocycles. The number of fused-ring (bicyclic) bond motifs is 7. The van der Waals surface area contributed by atoms with E-state index in [1.807, 2.05) is 103 Å². The number of benzene rings is 8. The minimum Gasteiger partial charge on any atom is -0.313 e. The standard InChI is InChI=1S/C61H41N9/c1-3-4-26-45-39(2)68(51-30-17-14-27-46(45)51)44-34-36-55-50(38-44)49-37-43(33-35-54(49)70(55)60-64-56(40-20-8-5-9-21-40)62-57(65-60)41-22-10-6-11-23-41)59-63-58(42-24-12-7-13-25-42)66-61(67-59)69-52-31-18-15-28-47(52)48-29-16-19-32-53(48)69/h3-38H,1H2,2H3/b26-4-. The molecule has 70 heavy (non-hydrogen) atoms. The van der Waals surface area contributed by atoms with Crippen molar-refractivity contribution in [2.24, 2.45) is 0 Å². The van der Waals surface area contributed by atoms with Crippen LogP contribution in [-0.4, -0.2) is 43.6 Å². The van der Waals surface area contributed by atoms with E-state index in [9.17, 15) is 0 Å². The molecule has 5 aromatic heterocycles. The molecule has 0 spiro atoms. The zero-order valence-electron chi connectivity index (χ0n) is 38.0. The maximum atomic E-state index is 5.34. The lowest BCUT2D eigenvalue weighted by molar-refractivity contribution is 0.951. The number of rotatable bonds is 9. The molecule has 13 rings (SSSR count). The second-order valence-corrected chi connectivity index (χ2v) is 17.2. The Hall–Kier alpha value is -9.60. The van der Waals surface area contributed by atoms with Crippen LogP contribution in [0.2, 0.25) is 0 Å². The first-order valence-corrected chi connectivity index (χ1v) is 23.2. The van der Waals surface area contributed by atoms with Gasteiger partial charge in [0.2, 0.25) is 11.9 Å². The van der Waals surface area contributed by atoms with Crippen LogP contribution in [0.25, 0.3) is 124 Å². The third-order valence-corrected chi connectivity index (χ3v) is 13.1. The van der Waals surface area contributed by atoms with Gasteiger partial charge in [-0.3, -0.25) is 9.13 Å². The molecule has 0 aliphatic heterocycles. The van der Waals surface area contributed by atoms with Gasteiger partial charge in [0.15, 0.2) is 23.3 Å². The third kappa shape index (κ3) is 6.71. The molecule has 9 nitrogen and oxygen atoms in total. The smallest absolute Gasteiger partial charge is 0.238 e. The number of para-hydroxylation sites is 3. The summed E-state index contributed by atoms with van der Waals surface area (Å²) in [6, 6.07) is 68.8. The molecule has 13 aromatic rings. The van der Waals surface area contributed by atoms with Gasteiger partial charge in [-0.2, -0.15) is 19.9 Å². The van der Waals surface area contributed by atoms with Gasteiger partial charge in [0.1, 0.15) is 0 Å². The van der Waals surface area contributed by atoms with Crippen molar-refractivity contribution < 1.29 is 0 Å². The van der Waals surface area contributed by atoms with Crippen molar-refractivity contribution in [3.8, 4) is 63.1 Å². The fourth-order valence-corrected chi connectivity index (χ4v) is 9.95. The lowest BCUT2D eigenvalue weighted by atomic mass is 10.1. The Balaban J connectivity index is 1.09. The normalized spacial score (nSPS) is 11.8. The lowest BCUT2D eigenvalue weighted by Gasteiger charge is -2.12. The number of allylic oxidation sites excluding steroid dienone is 2. The van der Waals surface area contributed by atoms with Crippen molar-refractivity contribution in [3.63, 3.8) is 0 Å². The van der Waals surface area contributed by atoms with Crippen LogP contribution in [0, 0.1) is 6.92 Å². The monoisotopic (exact) mass is 899 g/mol. The zero-order valence-corrected chi connectivity index (χ0v) is 38.0. The Morgan fingerprint density at radius 2 is 0.757 bits per heavy atom. The number of aromatic nitrogens is 9. The van der Waals surface area contributed by atoms with Gasteiger partial charge in [0, 0.05) is 66.1 Å². The average Bonchev–Trinajstić information content (AvgIpc) is 4.04. The summed E-state index contributed by atoms with van der Waals surface area (Å²) >= 11 is 0. The molecule has 8 aromatic carbocycles. The predicted molar refractivity (Wildman–Crippen MR) is 284 cm³/mol. The topological polar surface area (TPSA) is 92.1 Å². The highest BCUT2D eigenvalue weighted by molar-refractivity contribution is 6.11. The van der Waals surface area contributed by atoms with Crippen LogP contribution >= 0.6 is 0 Å². The van der Waals surface area contributed by atoms with Crippen molar-refractivity contribution in [2.75, 3.05) is 0 Å². The molecule has 0 unspecified atom stereocenters. The van der Waals surface area contributed by atoms with E-state index in [1.54, 1.807) is 0 Å². The summed E-state index contributed by atoms with van der Waals surface area (Å²) in [4.78, 5) is 31.3. The first-order chi connectivity index (χ1) is 34.6. The van der Waals surface area contributed by atoms with Crippen molar-refractivity contribution in [1.29, 1.82) is 0 Å². The van der Waals surface area contributed by atoms with Crippen LogP contribution in [0.1, 0.15) is 11.3 Å². The fraction of sp³-hybridized carbons (Fsp3) is 0.0164. The van der Waals surface area contributed by atoms with Crippen molar-refractivity contribution in [3.05, 3.63) is 230 Å². The highest BCUT2D eigenvalue weighted by Crippen LogP contribution is 2.39. The molecular weight excluding hydrogens is 859 g/mol. The van der Waals surface area contributed by atoms with Gasteiger partial charge in [-0.1, -0.05) is 170 Å². The first-order valence-electron chi connectivity index (χ1n) is 23.2. The molecule has 0 bridgehead atoms. The number of hydrogen-bond donors (Lipinski definition) is 0. The van der Waals surface area contributed by atoms with Gasteiger partial charge in [0.25, 0.3) is 0 Å². The molecule has 0 amide bonds. The zero-order chi connectivity index (χ0) is 46.7. The van der Waals surface area contributed by atoms with Crippen LogP contribution in [-0.2, 0) is 0 Å². The van der Waals surface area contributed by atoms with Crippen molar-refractivity contribution in [2.45, 2.75) is 6.92 Å². The van der Waals surface area contributed by atoms with E-state index in [0.29, 0.717) is 35.2 Å². The molecular formula is C61H41N9. The molecule has 0 atom stereocenters. The van der Waals surface area contributed by atoms with Crippen LogP contribution in [0.3, 0.4) is 0 Å². The predicted octanol–water partition coefficient (Wildman–Crippen LogP) is 14.4. The summed E-state index contributed by atoms with van der Waals surface area (Å²) in [7, 11) is 0. The van der Waals surface area contributed by atoms with E-state index in [1.165, 1.54) is 0 Å². The highest BCUT2D eigenvalue weighted by atomic mass is 15.2. The maximum absolute atomic E-state index is 5.34. The molecule has 0 radical (unpaired) electrons. The van der Waals surface area contributed by atoms with E-state index in [-0.39, 0.29) is 0 Å². The third-order valence-electron chi connectivity index (χ3n) is 13.1. The summed E-state index contributed by atoms with van der Waals surface area (Å²) < 4.78 is 6.64. The summed E-state index contributed by atoms with van der Waals surface area (Å²) in [5, 5.41) is 5.42. The maximum Gasteiger partial charge on any atom is 0.238 e. The Bertz CT molecular complexity index is 4090. The van der Waals surface area contributed by atoms with Gasteiger partial charge in [-0.15, -0.1) is 0 Å². The lowest BCUT2D eigenvalue weighted by Crippen LogP contribution is -2.07. The quantitative estimate of drug-likeness (QED) is 0.134. The molecule has 0 aliphatic rings. The minimum absolute atomic E-state index is 0.507. The SMILES string of the molecule is C=C/C=C\c1c(C)n(-c2ccc3c(c2)c2cc(-c4nc(-c5ccccc5)nc(-n5c6ccccc6c6ccccc65)n4)ccc2n3-c2nc(-c3ccccc3)nc(-c3ccccc3)n2)c2ccccc12. The minimum atomic E-state index is 0.507. The van der Waals surface area contributed by atoms with E-state index in [4.69, 9.17) is 29.9 Å². The number of nitrogens with zero attached hydrogens (tertiary/aromatic N) is 9. The van der Waals surface area contributed by atoms with Gasteiger partial charge in [-0.25, -0.2) is 9.97 Å². The summed E-state index contributed by atoms with van der Waals surface area (Å²) in [5.74, 6) is 3.34. The fourth-order valence-electron chi connectivity index (χ4n) is 9.95. The van der Waals surface area contributed by atoms with Crippen LogP contribution in [0.15, 0.2) is 219 Å². The second-order valence-electron chi connectivity index (χ2n) is 17.2. The molecule has 0 aliphatic carbocycles. The molecule has 9 heteroatoms. The summed E-state index contributed by atoms with van der Waals surface area (Å²) in [6.07, 6.45) is 5.95. The van der Waals surface area contributed by atoms with Crippen molar-refractivity contribution >= 4 is 60.6 Å². The van der Waals surface area contributed by atoms with E-state index >= 15 is 0 Å². The van der Waals surface area contributed by atoms with Gasteiger partial charge in [0.05, 0.1) is 27.6 Å². The Morgan fingerprint density at radius 3 is 1.26 bits per heavy atom. The Kier molecular flexibility index (Phi) is 9.65. The van der Waals surface area contributed by atoms with Gasteiger partial charge in [-0.05, 0) is 61.5 Å². The van der Waals surface area contributed by atoms with Crippen LogP contribution in [0.4, 0.5) is 0 Å². The van der Waals surface area contributed by atoms with E-state index in [2.05, 4.69) is 142 Å². The molecule has 0 fully saturated rings. The van der Waals surface area contributed by atoms with Crippen LogP contribution in [0.5, 0.6) is 0 Å². The average molecular weight is 900 g/mol. The highest BCUT2D eigenvalue weighted by Gasteiger charge is 2.23. The summed E-state index contributed by atoms with van der Waals surface area (Å²) in [5.41, 5.74) is 11.8. The van der Waals surface area contributed by atoms with Gasteiger partial charge >= 0.3 is 0 Å². The molecule has 5 heterocycles. The largest absolute Gasteiger partial charge is 0.313 e. The summed E-state index contributed by atoms with van der Waals surface area (Å²) in [6.45, 7) is 6.13. The van der Waals surface area contributed by atoms with E-state index in [0.717, 1.165) is 93.7 Å². The first kappa shape index (κ1) is 40.7. The van der Waals surface area contributed by atoms with Crippen molar-refractivity contribution in [1.82, 2.24) is 43.6 Å².